The van der Waals surface area contributed by atoms with E-state index in [1.807, 2.05) is 42.5 Å². The van der Waals surface area contributed by atoms with E-state index in [1.165, 1.54) is 0 Å². The van der Waals surface area contributed by atoms with E-state index in [9.17, 15) is 14.4 Å². The lowest BCUT2D eigenvalue weighted by atomic mass is 9.99. The molecule has 2 saturated heterocycles. The average molecular weight is 560 g/mol. The van der Waals surface area contributed by atoms with Gasteiger partial charge in [0, 0.05) is 24.7 Å². The van der Waals surface area contributed by atoms with Crippen LogP contribution in [0.5, 0.6) is 0 Å². The zero-order valence-corrected chi connectivity index (χ0v) is 24.0. The number of halogens is 1. The molecular formula is C28H38ClN5O3S. The van der Waals surface area contributed by atoms with Gasteiger partial charge in [0.15, 0.2) is 0 Å². The van der Waals surface area contributed by atoms with Gasteiger partial charge >= 0.3 is 6.03 Å². The van der Waals surface area contributed by atoms with Gasteiger partial charge in [0.2, 0.25) is 11.8 Å². The molecule has 3 aliphatic rings. The number of rotatable bonds is 9. The summed E-state index contributed by atoms with van der Waals surface area (Å²) in [5.74, 6) is 1.02. The summed E-state index contributed by atoms with van der Waals surface area (Å²) in [6.07, 6.45) is 10.0. The molecule has 2 fully saturated rings. The van der Waals surface area contributed by atoms with Crippen LogP contribution in [0.4, 0.5) is 4.79 Å². The number of hydrogen-bond donors (Lipinski definition) is 1. The number of nitrogens with zero attached hydrogens (tertiary/aromatic N) is 4. The van der Waals surface area contributed by atoms with E-state index >= 15 is 0 Å². The maximum absolute atomic E-state index is 13.7. The van der Waals surface area contributed by atoms with Crippen molar-refractivity contribution in [1.29, 1.82) is 0 Å². The van der Waals surface area contributed by atoms with Gasteiger partial charge in [-0.15, -0.1) is 0 Å². The van der Waals surface area contributed by atoms with E-state index < -0.39 is 12.2 Å². The summed E-state index contributed by atoms with van der Waals surface area (Å²) in [6, 6.07) is 6.59. The highest BCUT2D eigenvalue weighted by molar-refractivity contribution is 7.98. The van der Waals surface area contributed by atoms with Crippen molar-refractivity contribution in [2.24, 2.45) is 5.92 Å². The molecule has 10 heteroatoms. The standard InChI is InChI=1S/C28H38ClN5O3S/c1-4-14-32-19-26(35)33-24(13-15-38-3)27(36)31(17-22-7-5-6-8-23(22)29)18-25(33)34(32)28(37)30-16-21-11-9-20(2)10-12-21/h5-9,11-12,20,24-25H,4,10,13-19H2,1-3H3,(H,30,37)/t20?,24-,25-/m0/s1. The van der Waals surface area contributed by atoms with E-state index in [4.69, 9.17) is 11.6 Å². The number of hydrogen-bond acceptors (Lipinski definition) is 5. The molecule has 0 spiro atoms. The fourth-order valence-corrected chi connectivity index (χ4v) is 5.94. The first kappa shape index (κ1) is 28.5. The summed E-state index contributed by atoms with van der Waals surface area (Å²) in [6.45, 7) is 5.79. The molecule has 1 N–H and O–H groups in total. The van der Waals surface area contributed by atoms with E-state index in [0.717, 1.165) is 29.7 Å². The number of carbonyl (C=O) groups excluding carboxylic acids is 3. The number of nitrogens with one attached hydrogen (secondary N) is 1. The molecule has 38 heavy (non-hydrogen) atoms. The minimum Gasteiger partial charge on any atom is -0.333 e. The van der Waals surface area contributed by atoms with Crippen LogP contribution in [0, 0.1) is 5.92 Å². The Bertz CT molecular complexity index is 1100. The van der Waals surface area contributed by atoms with Crippen LogP contribution in [0.3, 0.4) is 0 Å². The first-order valence-electron chi connectivity index (χ1n) is 13.4. The SMILES string of the molecule is CCCN1CC(=O)N2[C@@H](CCSC)C(=O)N(Cc3ccccc3Cl)C[C@@H]2N1C(=O)NCC1=CCC(C)C=C1. The summed E-state index contributed by atoms with van der Waals surface area (Å²) in [4.78, 5) is 44.3. The molecule has 1 aromatic carbocycles. The van der Waals surface area contributed by atoms with Crippen molar-refractivity contribution in [3.63, 3.8) is 0 Å². The summed E-state index contributed by atoms with van der Waals surface area (Å²) >= 11 is 8.08. The Morgan fingerprint density at radius 2 is 2.03 bits per heavy atom. The molecular weight excluding hydrogens is 522 g/mol. The van der Waals surface area contributed by atoms with Crippen molar-refractivity contribution in [2.75, 3.05) is 38.2 Å². The molecule has 0 aromatic heterocycles. The van der Waals surface area contributed by atoms with Gasteiger partial charge in [-0.25, -0.2) is 14.8 Å². The zero-order valence-electron chi connectivity index (χ0n) is 22.4. The summed E-state index contributed by atoms with van der Waals surface area (Å²) in [5.41, 5.74) is 1.91. The van der Waals surface area contributed by atoms with Crippen molar-refractivity contribution in [1.82, 2.24) is 25.1 Å². The number of fused-ring (bicyclic) bond motifs is 1. The number of allylic oxidation sites excluding steroid dienone is 2. The molecule has 1 aromatic rings. The van der Waals surface area contributed by atoms with Crippen molar-refractivity contribution in [3.05, 3.63) is 58.7 Å². The first-order valence-corrected chi connectivity index (χ1v) is 15.1. The van der Waals surface area contributed by atoms with Crippen molar-refractivity contribution < 1.29 is 14.4 Å². The number of thioether (sulfide) groups is 1. The predicted molar refractivity (Wildman–Crippen MR) is 152 cm³/mol. The van der Waals surface area contributed by atoms with Crippen molar-refractivity contribution in [2.45, 2.75) is 51.9 Å². The first-order chi connectivity index (χ1) is 18.3. The second-order valence-corrected chi connectivity index (χ2v) is 11.5. The van der Waals surface area contributed by atoms with Gasteiger partial charge in [-0.2, -0.15) is 11.8 Å². The predicted octanol–water partition coefficient (Wildman–Crippen LogP) is 4.13. The molecule has 0 bridgehead atoms. The number of urea groups is 1. The Morgan fingerprint density at radius 3 is 2.71 bits per heavy atom. The van der Waals surface area contributed by atoms with Crippen LogP contribution in [0.2, 0.25) is 5.02 Å². The normalized spacial score (nSPS) is 23.9. The monoisotopic (exact) mass is 559 g/mol. The van der Waals surface area contributed by atoms with E-state index in [-0.39, 0.29) is 30.9 Å². The Labute approximate surface area is 235 Å². The molecule has 206 valence electrons. The molecule has 8 nitrogen and oxygen atoms in total. The van der Waals surface area contributed by atoms with Gasteiger partial charge in [-0.3, -0.25) is 9.59 Å². The summed E-state index contributed by atoms with van der Waals surface area (Å²) < 4.78 is 0. The molecule has 1 unspecified atom stereocenters. The fourth-order valence-electron chi connectivity index (χ4n) is 5.29. The average Bonchev–Trinajstić information content (AvgIpc) is 2.90. The third-order valence-electron chi connectivity index (χ3n) is 7.27. The third kappa shape index (κ3) is 6.38. The van der Waals surface area contributed by atoms with Crippen LogP contribution in [0.25, 0.3) is 0 Å². The van der Waals surface area contributed by atoms with Crippen LogP contribution in [-0.2, 0) is 16.1 Å². The van der Waals surface area contributed by atoms with Gasteiger partial charge in [-0.1, -0.05) is 61.9 Å². The number of hydrazine groups is 1. The van der Waals surface area contributed by atoms with Gasteiger partial charge in [0.1, 0.15) is 12.2 Å². The van der Waals surface area contributed by atoms with Crippen molar-refractivity contribution in [3.8, 4) is 0 Å². The molecule has 0 saturated carbocycles. The number of benzene rings is 1. The zero-order chi connectivity index (χ0) is 27.2. The molecule has 3 atom stereocenters. The van der Waals surface area contributed by atoms with E-state index in [2.05, 4.69) is 30.5 Å². The Balaban J connectivity index is 1.62. The highest BCUT2D eigenvalue weighted by Gasteiger charge is 2.51. The van der Waals surface area contributed by atoms with Crippen LogP contribution in [0.15, 0.2) is 48.1 Å². The Kier molecular flexibility index (Phi) is 9.79. The van der Waals surface area contributed by atoms with Gasteiger partial charge in [0.05, 0.1) is 13.1 Å². The van der Waals surface area contributed by atoms with Crippen LogP contribution >= 0.6 is 23.4 Å². The third-order valence-corrected chi connectivity index (χ3v) is 8.28. The molecule has 2 aliphatic heterocycles. The number of amides is 4. The van der Waals surface area contributed by atoms with Crippen LogP contribution in [-0.4, -0.2) is 88.1 Å². The second kappa shape index (κ2) is 13.0. The fraction of sp³-hybridized carbons (Fsp3) is 0.536. The molecule has 4 rings (SSSR count). The highest BCUT2D eigenvalue weighted by Crippen LogP contribution is 2.30. The van der Waals surface area contributed by atoms with E-state index in [0.29, 0.717) is 37.0 Å². The molecule has 0 radical (unpaired) electrons. The largest absolute Gasteiger partial charge is 0.334 e. The lowest BCUT2D eigenvalue weighted by Crippen LogP contribution is -2.76. The van der Waals surface area contributed by atoms with Gasteiger partial charge in [0.25, 0.3) is 0 Å². The Morgan fingerprint density at radius 1 is 1.24 bits per heavy atom. The molecule has 1 aliphatic carbocycles. The summed E-state index contributed by atoms with van der Waals surface area (Å²) in [5, 5.41) is 7.18. The maximum Gasteiger partial charge on any atom is 0.334 e. The lowest BCUT2D eigenvalue weighted by Gasteiger charge is -2.55. The van der Waals surface area contributed by atoms with Crippen molar-refractivity contribution >= 4 is 41.2 Å². The number of piperazine rings is 1. The highest BCUT2D eigenvalue weighted by atomic mass is 35.5. The van der Waals surface area contributed by atoms with Gasteiger partial charge < -0.3 is 15.1 Å². The molecule has 2 heterocycles. The topological polar surface area (TPSA) is 76.2 Å². The quantitative estimate of drug-likeness (QED) is 0.492. The van der Waals surface area contributed by atoms with Crippen LogP contribution < -0.4 is 5.32 Å². The minimum atomic E-state index is -0.624. The number of carbonyl (C=O) groups is 3. The van der Waals surface area contributed by atoms with Crippen LogP contribution in [0.1, 0.15) is 38.7 Å². The lowest BCUT2D eigenvalue weighted by molar-refractivity contribution is -0.191. The molecule has 4 amide bonds. The summed E-state index contributed by atoms with van der Waals surface area (Å²) in [7, 11) is 0. The van der Waals surface area contributed by atoms with Gasteiger partial charge in [-0.05, 0) is 54.4 Å². The van der Waals surface area contributed by atoms with E-state index in [1.54, 1.807) is 26.6 Å². The minimum absolute atomic E-state index is 0.0748. The smallest absolute Gasteiger partial charge is 0.333 e. The maximum atomic E-state index is 13.7. The Hall–Kier alpha value is -2.49. The second-order valence-electron chi connectivity index (χ2n) is 10.1.